The number of nitrogens with zero attached hydrogens (tertiary/aromatic N) is 3. The van der Waals surface area contributed by atoms with Crippen molar-refractivity contribution in [2.24, 2.45) is 5.73 Å². The zero-order chi connectivity index (χ0) is 19.4. The number of carbonyl (C=O) groups excluding carboxylic acids is 1. The Hall–Kier alpha value is -2.68. The van der Waals surface area contributed by atoms with Gasteiger partial charge in [0, 0.05) is 24.9 Å². The molecule has 27 heavy (non-hydrogen) atoms. The number of nitrogens with two attached hydrogens (primary N) is 1. The molecule has 1 aromatic carbocycles. The van der Waals surface area contributed by atoms with Crippen LogP contribution in [0.1, 0.15) is 30.0 Å². The van der Waals surface area contributed by atoms with E-state index in [4.69, 9.17) is 10.5 Å². The number of amides is 1. The molecule has 2 N–H and O–H groups in total. The van der Waals surface area contributed by atoms with E-state index < -0.39 is 17.6 Å². The number of alkyl halides is 3. The van der Waals surface area contributed by atoms with E-state index >= 15 is 0 Å². The monoisotopic (exact) mass is 380 g/mol. The summed E-state index contributed by atoms with van der Waals surface area (Å²) < 4.78 is 43.7. The number of ether oxygens (including phenoxy) is 1. The van der Waals surface area contributed by atoms with Crippen LogP contribution in [0, 0.1) is 0 Å². The predicted octanol–water partition coefficient (Wildman–Crippen LogP) is 2.95. The topological polar surface area (TPSA) is 81.3 Å². The summed E-state index contributed by atoms with van der Waals surface area (Å²) in [4.78, 5) is 21.7. The number of rotatable bonds is 5. The zero-order valence-electron chi connectivity index (χ0n) is 14.4. The Kier molecular flexibility index (Phi) is 5.59. The van der Waals surface area contributed by atoms with Gasteiger partial charge in [0.2, 0.25) is 11.8 Å². The summed E-state index contributed by atoms with van der Waals surface area (Å²) >= 11 is 0. The summed E-state index contributed by atoms with van der Waals surface area (Å²) in [6.07, 6.45) is 0.322. The first-order valence-corrected chi connectivity index (χ1v) is 8.49. The van der Waals surface area contributed by atoms with Gasteiger partial charge in [-0.15, -0.1) is 0 Å². The molecule has 1 aliphatic heterocycles. The van der Waals surface area contributed by atoms with Gasteiger partial charge < -0.3 is 10.5 Å². The SMILES string of the molecule is NC(=O)CN1CCCC(c2nccnc2Oc2ccc(C(F)(F)F)cc2)C1. The van der Waals surface area contributed by atoms with Crippen molar-refractivity contribution in [2.45, 2.75) is 24.9 Å². The van der Waals surface area contributed by atoms with Crippen molar-refractivity contribution >= 4 is 5.91 Å². The highest BCUT2D eigenvalue weighted by Gasteiger charge is 2.30. The molecule has 0 saturated carbocycles. The van der Waals surface area contributed by atoms with Crippen LogP contribution in [0.3, 0.4) is 0 Å². The average molecular weight is 380 g/mol. The highest BCUT2D eigenvalue weighted by molar-refractivity contribution is 5.75. The molecule has 0 bridgehead atoms. The molecule has 0 spiro atoms. The van der Waals surface area contributed by atoms with Crippen LogP contribution in [-0.2, 0) is 11.0 Å². The van der Waals surface area contributed by atoms with Crippen LogP contribution in [-0.4, -0.2) is 40.4 Å². The van der Waals surface area contributed by atoms with E-state index in [0.717, 1.165) is 31.5 Å². The molecule has 9 heteroatoms. The lowest BCUT2D eigenvalue weighted by Gasteiger charge is -2.31. The van der Waals surface area contributed by atoms with Gasteiger partial charge in [-0.2, -0.15) is 13.2 Å². The van der Waals surface area contributed by atoms with Gasteiger partial charge in [-0.05, 0) is 43.7 Å². The number of halogens is 3. The van der Waals surface area contributed by atoms with Gasteiger partial charge in [-0.1, -0.05) is 0 Å². The molecule has 3 rings (SSSR count). The number of hydrogen-bond donors (Lipinski definition) is 1. The maximum absolute atomic E-state index is 12.7. The first kappa shape index (κ1) is 19.1. The Morgan fingerprint density at radius 1 is 1.22 bits per heavy atom. The summed E-state index contributed by atoms with van der Waals surface area (Å²) in [6.45, 7) is 1.53. The molecule has 1 atom stereocenters. The van der Waals surface area contributed by atoms with Gasteiger partial charge in [-0.3, -0.25) is 14.7 Å². The number of primary amides is 1. The molecule has 2 heterocycles. The van der Waals surface area contributed by atoms with Crippen LogP contribution >= 0.6 is 0 Å². The second-order valence-electron chi connectivity index (χ2n) is 6.41. The summed E-state index contributed by atoms with van der Waals surface area (Å²) in [5.41, 5.74) is 5.14. The van der Waals surface area contributed by atoms with Crippen LogP contribution in [0.5, 0.6) is 11.6 Å². The summed E-state index contributed by atoms with van der Waals surface area (Å²) in [5.74, 6) is 0.102. The number of hydrogen-bond acceptors (Lipinski definition) is 5. The third-order valence-corrected chi connectivity index (χ3v) is 4.36. The lowest BCUT2D eigenvalue weighted by Crippen LogP contribution is -2.40. The highest BCUT2D eigenvalue weighted by atomic mass is 19.4. The molecule has 0 radical (unpaired) electrons. The molecular weight excluding hydrogens is 361 g/mol. The van der Waals surface area contributed by atoms with Gasteiger partial charge in [0.1, 0.15) is 11.4 Å². The predicted molar refractivity (Wildman–Crippen MR) is 91.2 cm³/mol. The highest BCUT2D eigenvalue weighted by Crippen LogP contribution is 2.34. The van der Waals surface area contributed by atoms with Crippen molar-refractivity contribution in [3.05, 3.63) is 47.9 Å². The molecule has 1 fully saturated rings. The van der Waals surface area contributed by atoms with Crippen molar-refractivity contribution in [1.82, 2.24) is 14.9 Å². The first-order valence-electron chi connectivity index (χ1n) is 8.49. The zero-order valence-corrected chi connectivity index (χ0v) is 14.4. The van der Waals surface area contributed by atoms with Crippen molar-refractivity contribution in [3.8, 4) is 11.6 Å². The molecule has 1 aromatic heterocycles. The van der Waals surface area contributed by atoms with Gasteiger partial charge in [-0.25, -0.2) is 4.98 Å². The first-order chi connectivity index (χ1) is 12.8. The van der Waals surface area contributed by atoms with Gasteiger partial charge in [0.05, 0.1) is 12.1 Å². The van der Waals surface area contributed by atoms with E-state index in [9.17, 15) is 18.0 Å². The Balaban J connectivity index is 1.77. The van der Waals surface area contributed by atoms with Crippen molar-refractivity contribution < 1.29 is 22.7 Å². The number of piperidine rings is 1. The molecular formula is C18H19F3N4O2. The largest absolute Gasteiger partial charge is 0.437 e. The van der Waals surface area contributed by atoms with Crippen molar-refractivity contribution in [3.63, 3.8) is 0 Å². The molecule has 1 unspecified atom stereocenters. The van der Waals surface area contributed by atoms with E-state index in [0.29, 0.717) is 12.2 Å². The lowest BCUT2D eigenvalue weighted by atomic mass is 9.94. The van der Waals surface area contributed by atoms with Crippen molar-refractivity contribution in [2.75, 3.05) is 19.6 Å². The third-order valence-electron chi connectivity index (χ3n) is 4.36. The minimum Gasteiger partial charge on any atom is -0.437 e. The maximum atomic E-state index is 12.7. The van der Waals surface area contributed by atoms with Crippen molar-refractivity contribution in [1.29, 1.82) is 0 Å². The van der Waals surface area contributed by atoms with Crippen LogP contribution in [0.4, 0.5) is 13.2 Å². The standard InChI is InChI=1S/C18H19F3N4O2/c19-18(20,21)13-3-5-14(6-4-13)27-17-16(23-7-8-24-17)12-2-1-9-25(10-12)11-15(22)26/h3-8,12H,1-2,9-11H2,(H2,22,26). The maximum Gasteiger partial charge on any atom is 0.416 e. The van der Waals surface area contributed by atoms with E-state index in [-0.39, 0.29) is 24.1 Å². The van der Waals surface area contributed by atoms with Crippen LogP contribution < -0.4 is 10.5 Å². The Labute approximate surface area is 154 Å². The van der Waals surface area contributed by atoms with E-state index in [1.165, 1.54) is 18.3 Å². The quantitative estimate of drug-likeness (QED) is 0.863. The molecule has 1 saturated heterocycles. The summed E-state index contributed by atoms with van der Waals surface area (Å²) in [7, 11) is 0. The minimum absolute atomic E-state index is 0.00347. The van der Waals surface area contributed by atoms with Crippen LogP contribution in [0.2, 0.25) is 0 Å². The summed E-state index contributed by atoms with van der Waals surface area (Å²) in [5, 5.41) is 0. The Morgan fingerprint density at radius 2 is 1.93 bits per heavy atom. The number of benzene rings is 1. The Bertz CT molecular complexity index is 796. The fraction of sp³-hybridized carbons (Fsp3) is 0.389. The fourth-order valence-corrected chi connectivity index (χ4v) is 3.16. The van der Waals surface area contributed by atoms with Crippen LogP contribution in [0.15, 0.2) is 36.7 Å². The number of aromatic nitrogens is 2. The van der Waals surface area contributed by atoms with Gasteiger partial charge in [0.15, 0.2) is 0 Å². The van der Waals surface area contributed by atoms with E-state index in [1.807, 2.05) is 4.90 Å². The van der Waals surface area contributed by atoms with E-state index in [2.05, 4.69) is 9.97 Å². The molecule has 0 aliphatic carbocycles. The van der Waals surface area contributed by atoms with Crippen LogP contribution in [0.25, 0.3) is 0 Å². The number of carbonyl (C=O) groups is 1. The molecule has 144 valence electrons. The van der Waals surface area contributed by atoms with Gasteiger partial charge in [0.25, 0.3) is 0 Å². The molecule has 6 nitrogen and oxygen atoms in total. The normalized spacial score (nSPS) is 18.3. The number of likely N-dealkylation sites (tertiary alicyclic amines) is 1. The third kappa shape index (κ3) is 4.94. The smallest absolute Gasteiger partial charge is 0.416 e. The molecule has 2 aromatic rings. The molecule has 1 amide bonds. The Morgan fingerprint density at radius 3 is 2.59 bits per heavy atom. The second kappa shape index (κ2) is 7.91. The van der Waals surface area contributed by atoms with E-state index in [1.54, 1.807) is 6.20 Å². The summed E-state index contributed by atoms with van der Waals surface area (Å²) in [6, 6.07) is 4.42. The second-order valence-corrected chi connectivity index (χ2v) is 6.41. The average Bonchev–Trinajstić information content (AvgIpc) is 2.61. The fourth-order valence-electron chi connectivity index (χ4n) is 3.16. The minimum atomic E-state index is -4.40. The lowest BCUT2D eigenvalue weighted by molar-refractivity contribution is -0.137. The molecule has 1 aliphatic rings. The van der Waals surface area contributed by atoms with Gasteiger partial charge >= 0.3 is 6.18 Å².